The molecule has 1 N–H and O–H groups in total. The highest BCUT2D eigenvalue weighted by atomic mass is 19.4. The summed E-state index contributed by atoms with van der Waals surface area (Å²) in [5, 5.41) is 3.04. The SMILES string of the molecule is C#CC(C)Nc1nc(=O)n(-c2cccnc2)c2cc(C(F)(F)F)ncc12. The summed E-state index contributed by atoms with van der Waals surface area (Å²) >= 11 is 0. The van der Waals surface area contributed by atoms with Gasteiger partial charge in [0.2, 0.25) is 0 Å². The third-order valence-corrected chi connectivity index (χ3v) is 3.57. The zero-order valence-corrected chi connectivity index (χ0v) is 13.4. The summed E-state index contributed by atoms with van der Waals surface area (Å²) in [5.74, 6) is 2.48. The lowest BCUT2D eigenvalue weighted by Gasteiger charge is -2.16. The minimum Gasteiger partial charge on any atom is -0.356 e. The molecule has 0 radical (unpaired) electrons. The van der Waals surface area contributed by atoms with Gasteiger partial charge in [-0.15, -0.1) is 6.42 Å². The van der Waals surface area contributed by atoms with Crippen LogP contribution in [0, 0.1) is 12.3 Å². The Kier molecular flexibility index (Phi) is 4.34. The Bertz CT molecular complexity index is 1050. The molecular formula is C17H12F3N5O. The van der Waals surface area contributed by atoms with Crippen LogP contribution in [0.3, 0.4) is 0 Å². The minimum atomic E-state index is -4.66. The van der Waals surface area contributed by atoms with Crippen LogP contribution < -0.4 is 11.0 Å². The van der Waals surface area contributed by atoms with Crippen molar-refractivity contribution in [1.82, 2.24) is 19.5 Å². The highest BCUT2D eigenvalue weighted by Crippen LogP contribution is 2.31. The van der Waals surface area contributed by atoms with Gasteiger partial charge < -0.3 is 5.32 Å². The van der Waals surface area contributed by atoms with Crippen LogP contribution >= 0.6 is 0 Å². The molecule has 3 aromatic rings. The second-order valence-electron chi connectivity index (χ2n) is 5.41. The van der Waals surface area contributed by atoms with Crippen LogP contribution in [-0.2, 0) is 6.18 Å². The predicted octanol–water partition coefficient (Wildman–Crippen LogP) is 2.63. The number of alkyl halides is 3. The van der Waals surface area contributed by atoms with E-state index in [-0.39, 0.29) is 22.4 Å². The van der Waals surface area contributed by atoms with E-state index in [1.54, 1.807) is 19.1 Å². The van der Waals surface area contributed by atoms with Crippen LogP contribution in [0.4, 0.5) is 19.0 Å². The van der Waals surface area contributed by atoms with E-state index in [1.165, 1.54) is 12.4 Å². The lowest BCUT2D eigenvalue weighted by molar-refractivity contribution is -0.141. The average molecular weight is 359 g/mol. The lowest BCUT2D eigenvalue weighted by Crippen LogP contribution is -2.26. The number of fused-ring (bicyclic) bond motifs is 1. The number of hydrogen-bond donors (Lipinski definition) is 1. The van der Waals surface area contributed by atoms with Crippen LogP contribution in [0.1, 0.15) is 12.6 Å². The maximum absolute atomic E-state index is 13.1. The predicted molar refractivity (Wildman–Crippen MR) is 89.8 cm³/mol. The number of terminal acetylenes is 1. The Morgan fingerprint density at radius 3 is 2.73 bits per heavy atom. The highest BCUT2D eigenvalue weighted by molar-refractivity contribution is 5.90. The van der Waals surface area contributed by atoms with Gasteiger partial charge in [-0.25, -0.2) is 4.79 Å². The Balaban J connectivity index is 2.36. The molecule has 0 fully saturated rings. The van der Waals surface area contributed by atoms with Crippen LogP contribution in [0.5, 0.6) is 0 Å². The van der Waals surface area contributed by atoms with E-state index in [9.17, 15) is 18.0 Å². The minimum absolute atomic E-state index is 0.00736. The van der Waals surface area contributed by atoms with Gasteiger partial charge in [0.25, 0.3) is 0 Å². The van der Waals surface area contributed by atoms with Gasteiger partial charge in [0, 0.05) is 12.4 Å². The van der Waals surface area contributed by atoms with Crippen molar-refractivity contribution >= 4 is 16.7 Å². The summed E-state index contributed by atoms with van der Waals surface area (Å²) < 4.78 is 40.3. The summed E-state index contributed by atoms with van der Waals surface area (Å²) in [5.41, 5.74) is -1.61. The second kappa shape index (κ2) is 6.48. The van der Waals surface area contributed by atoms with Gasteiger partial charge in [-0.05, 0) is 25.1 Å². The summed E-state index contributed by atoms with van der Waals surface area (Å²) in [6.45, 7) is 1.65. The molecule has 0 spiro atoms. The van der Waals surface area contributed by atoms with Crippen molar-refractivity contribution in [3.05, 3.63) is 53.0 Å². The maximum atomic E-state index is 13.1. The van der Waals surface area contributed by atoms with Crippen molar-refractivity contribution in [2.24, 2.45) is 0 Å². The van der Waals surface area contributed by atoms with Gasteiger partial charge in [-0.1, -0.05) is 5.92 Å². The normalized spacial score (nSPS) is 12.6. The number of nitrogens with one attached hydrogen (secondary N) is 1. The molecule has 0 aliphatic carbocycles. The van der Waals surface area contributed by atoms with Crippen molar-refractivity contribution in [1.29, 1.82) is 0 Å². The van der Waals surface area contributed by atoms with Crippen molar-refractivity contribution < 1.29 is 13.2 Å². The first kappa shape index (κ1) is 17.4. The number of rotatable bonds is 3. The molecule has 0 amide bonds. The molecule has 3 heterocycles. The molecule has 3 aromatic heterocycles. The zero-order valence-electron chi connectivity index (χ0n) is 13.4. The fourth-order valence-electron chi connectivity index (χ4n) is 2.37. The standard InChI is InChI=1S/C17H12F3N5O/c1-3-10(2)23-15-12-9-22-14(17(18,19)20)7-13(12)25(16(26)24-15)11-5-4-6-21-8-11/h1,4-10H,2H3,(H,23,24,26). The zero-order chi connectivity index (χ0) is 18.9. The molecule has 26 heavy (non-hydrogen) atoms. The van der Waals surface area contributed by atoms with E-state index in [1.807, 2.05) is 0 Å². The molecule has 0 aromatic carbocycles. The fraction of sp³-hybridized carbons (Fsp3) is 0.176. The monoisotopic (exact) mass is 359 g/mol. The van der Waals surface area contributed by atoms with E-state index in [0.29, 0.717) is 0 Å². The van der Waals surface area contributed by atoms with Crippen LogP contribution in [-0.4, -0.2) is 25.6 Å². The third kappa shape index (κ3) is 3.21. The lowest BCUT2D eigenvalue weighted by atomic mass is 10.2. The van der Waals surface area contributed by atoms with Gasteiger partial charge >= 0.3 is 11.9 Å². The van der Waals surface area contributed by atoms with Crippen molar-refractivity contribution in [3.8, 4) is 18.0 Å². The van der Waals surface area contributed by atoms with E-state index in [0.717, 1.165) is 16.8 Å². The largest absolute Gasteiger partial charge is 0.433 e. The van der Waals surface area contributed by atoms with Gasteiger partial charge in [-0.3, -0.25) is 14.5 Å². The van der Waals surface area contributed by atoms with Crippen molar-refractivity contribution in [2.75, 3.05) is 5.32 Å². The van der Waals surface area contributed by atoms with E-state index < -0.39 is 23.6 Å². The smallest absolute Gasteiger partial charge is 0.356 e. The fourth-order valence-corrected chi connectivity index (χ4v) is 2.37. The summed E-state index contributed by atoms with van der Waals surface area (Å²) in [6, 6.07) is 3.42. The van der Waals surface area contributed by atoms with Crippen LogP contribution in [0.2, 0.25) is 0 Å². The van der Waals surface area contributed by atoms with E-state index in [2.05, 4.69) is 26.2 Å². The first-order valence-corrected chi connectivity index (χ1v) is 7.44. The molecule has 0 bridgehead atoms. The van der Waals surface area contributed by atoms with Gasteiger partial charge in [0.05, 0.1) is 28.8 Å². The van der Waals surface area contributed by atoms with Gasteiger partial charge in [-0.2, -0.15) is 18.2 Å². The molecule has 0 aliphatic heterocycles. The summed E-state index contributed by atoms with van der Waals surface area (Å²) in [6.07, 6.45) is 4.50. The van der Waals surface area contributed by atoms with E-state index >= 15 is 0 Å². The molecule has 1 unspecified atom stereocenters. The quantitative estimate of drug-likeness (QED) is 0.728. The van der Waals surface area contributed by atoms with Crippen molar-refractivity contribution in [2.45, 2.75) is 19.1 Å². The number of hydrogen-bond acceptors (Lipinski definition) is 5. The third-order valence-electron chi connectivity index (χ3n) is 3.57. The topological polar surface area (TPSA) is 72.7 Å². The first-order valence-electron chi connectivity index (χ1n) is 7.44. The van der Waals surface area contributed by atoms with Gasteiger partial charge in [0.1, 0.15) is 11.5 Å². The first-order chi connectivity index (χ1) is 12.3. The number of anilines is 1. The molecule has 6 nitrogen and oxygen atoms in total. The Morgan fingerprint density at radius 1 is 1.35 bits per heavy atom. The molecule has 1 atom stereocenters. The van der Waals surface area contributed by atoms with E-state index in [4.69, 9.17) is 6.42 Å². The maximum Gasteiger partial charge on any atom is 0.433 e. The summed E-state index contributed by atoms with van der Waals surface area (Å²) in [4.78, 5) is 23.8. The Labute approximate surface area is 145 Å². The molecule has 132 valence electrons. The Morgan fingerprint density at radius 2 is 2.12 bits per heavy atom. The molecule has 9 heteroatoms. The molecule has 0 saturated carbocycles. The van der Waals surface area contributed by atoms with Crippen LogP contribution in [0.25, 0.3) is 16.6 Å². The highest BCUT2D eigenvalue weighted by Gasteiger charge is 2.33. The molecule has 0 aliphatic rings. The molecule has 3 rings (SSSR count). The molecular weight excluding hydrogens is 347 g/mol. The van der Waals surface area contributed by atoms with Crippen molar-refractivity contribution in [3.63, 3.8) is 0 Å². The number of pyridine rings is 2. The second-order valence-corrected chi connectivity index (χ2v) is 5.41. The number of halogens is 3. The summed E-state index contributed by atoms with van der Waals surface area (Å²) in [7, 11) is 0. The number of nitrogens with zero attached hydrogens (tertiary/aromatic N) is 4. The average Bonchev–Trinajstić information content (AvgIpc) is 2.61. The van der Waals surface area contributed by atoms with Crippen LogP contribution in [0.15, 0.2) is 41.6 Å². The number of aromatic nitrogens is 4. The molecule has 0 saturated heterocycles. The Hall–Kier alpha value is -3.41. The van der Waals surface area contributed by atoms with Gasteiger partial charge in [0.15, 0.2) is 0 Å².